The Hall–Kier alpha value is -0.860. The van der Waals surface area contributed by atoms with Gasteiger partial charge in [-0.3, -0.25) is 0 Å². The molecule has 2 heteroatoms. The van der Waals surface area contributed by atoms with E-state index in [4.69, 9.17) is 0 Å². The molecular formula is C17H29NO. The van der Waals surface area contributed by atoms with E-state index in [1.165, 1.54) is 11.1 Å². The third kappa shape index (κ3) is 4.32. The zero-order chi connectivity index (χ0) is 14.6. The van der Waals surface area contributed by atoms with Gasteiger partial charge in [0.05, 0.1) is 6.10 Å². The first-order valence-electron chi connectivity index (χ1n) is 7.38. The van der Waals surface area contributed by atoms with E-state index in [1.807, 2.05) is 0 Å². The first-order chi connectivity index (χ1) is 8.86. The quantitative estimate of drug-likeness (QED) is 0.819. The van der Waals surface area contributed by atoms with E-state index in [1.54, 1.807) is 0 Å². The second kappa shape index (κ2) is 7.06. The molecule has 108 valence electrons. The molecule has 1 aromatic carbocycles. The van der Waals surface area contributed by atoms with Crippen molar-refractivity contribution in [2.75, 3.05) is 0 Å². The lowest BCUT2D eigenvalue weighted by atomic mass is 9.90. The monoisotopic (exact) mass is 263 g/mol. The summed E-state index contributed by atoms with van der Waals surface area (Å²) in [5.41, 5.74) is 3.45. The third-order valence-electron chi connectivity index (χ3n) is 3.89. The number of hydrogen-bond acceptors (Lipinski definition) is 2. The van der Waals surface area contributed by atoms with Crippen molar-refractivity contribution >= 4 is 0 Å². The summed E-state index contributed by atoms with van der Waals surface area (Å²) in [6.07, 6.45) is 0.623. The lowest BCUT2D eigenvalue weighted by Gasteiger charge is -2.31. The summed E-state index contributed by atoms with van der Waals surface area (Å²) < 4.78 is 0. The minimum atomic E-state index is -0.449. The van der Waals surface area contributed by atoms with Crippen molar-refractivity contribution in [2.45, 2.75) is 66.2 Å². The summed E-state index contributed by atoms with van der Waals surface area (Å²) in [5.74, 6) is 0.393. The molecule has 0 aliphatic carbocycles. The first-order valence-corrected chi connectivity index (χ1v) is 7.38. The number of nitrogens with one attached hydrogen (secondary N) is 1. The van der Waals surface area contributed by atoms with Crippen LogP contribution in [-0.2, 0) is 0 Å². The molecule has 0 fully saturated rings. The fraction of sp³-hybridized carbons (Fsp3) is 0.647. The first kappa shape index (κ1) is 16.2. The summed E-state index contributed by atoms with van der Waals surface area (Å²) in [6, 6.07) is 6.79. The van der Waals surface area contributed by atoms with Gasteiger partial charge >= 0.3 is 0 Å². The van der Waals surface area contributed by atoms with E-state index >= 15 is 0 Å². The highest BCUT2D eigenvalue weighted by Crippen LogP contribution is 2.26. The Bertz CT molecular complexity index is 400. The second-order valence-corrected chi connectivity index (χ2v) is 6.05. The number of aliphatic hydroxyl groups excluding tert-OH is 1. The van der Waals surface area contributed by atoms with E-state index in [9.17, 15) is 5.11 Å². The minimum absolute atomic E-state index is 0.0938. The number of aryl methyl sites for hydroxylation is 2. The van der Waals surface area contributed by atoms with Gasteiger partial charge in [0.25, 0.3) is 0 Å². The SMILES string of the molecule is CCC(C)NC(C(C)C)C(O)c1ccc(C)cc1C. The molecule has 0 spiro atoms. The van der Waals surface area contributed by atoms with Gasteiger partial charge < -0.3 is 10.4 Å². The van der Waals surface area contributed by atoms with Crippen LogP contribution in [0.2, 0.25) is 0 Å². The number of hydrogen-bond donors (Lipinski definition) is 2. The molecule has 0 bridgehead atoms. The molecule has 0 aromatic heterocycles. The van der Waals surface area contributed by atoms with E-state index in [0.29, 0.717) is 12.0 Å². The standard InChI is InChI=1S/C17H29NO/c1-7-14(6)18-16(11(2)3)17(19)15-9-8-12(4)10-13(15)5/h8-11,14,16-19H,7H2,1-6H3. The van der Waals surface area contributed by atoms with Gasteiger partial charge in [-0.1, -0.05) is 44.5 Å². The van der Waals surface area contributed by atoms with E-state index in [2.05, 4.69) is 65.1 Å². The van der Waals surface area contributed by atoms with Crippen LogP contribution in [0.3, 0.4) is 0 Å². The molecule has 3 unspecified atom stereocenters. The average Bonchev–Trinajstić information content (AvgIpc) is 2.34. The summed E-state index contributed by atoms with van der Waals surface area (Å²) >= 11 is 0. The molecule has 19 heavy (non-hydrogen) atoms. The van der Waals surface area contributed by atoms with Crippen LogP contribution < -0.4 is 5.32 Å². The molecule has 0 saturated heterocycles. The predicted octanol–water partition coefficient (Wildman–Crippen LogP) is 3.75. The maximum Gasteiger partial charge on any atom is 0.0948 e. The Balaban J connectivity index is 2.95. The normalized spacial score (nSPS) is 16.4. The highest BCUT2D eigenvalue weighted by molar-refractivity contribution is 5.32. The third-order valence-corrected chi connectivity index (χ3v) is 3.89. The summed E-state index contributed by atoms with van der Waals surface area (Å²) in [6.45, 7) is 12.8. The van der Waals surface area contributed by atoms with Crippen LogP contribution in [0.15, 0.2) is 18.2 Å². The largest absolute Gasteiger partial charge is 0.387 e. The van der Waals surface area contributed by atoms with E-state index < -0.39 is 6.10 Å². The number of rotatable bonds is 6. The minimum Gasteiger partial charge on any atom is -0.387 e. The molecule has 0 heterocycles. The van der Waals surface area contributed by atoms with Crippen LogP contribution in [0.1, 0.15) is 56.9 Å². The van der Waals surface area contributed by atoms with Crippen LogP contribution in [0.5, 0.6) is 0 Å². The summed E-state index contributed by atoms with van der Waals surface area (Å²) in [7, 11) is 0. The molecule has 0 saturated carbocycles. The van der Waals surface area contributed by atoms with E-state index in [0.717, 1.165) is 12.0 Å². The zero-order valence-corrected chi connectivity index (χ0v) is 13.2. The molecular weight excluding hydrogens is 234 g/mol. The van der Waals surface area contributed by atoms with Gasteiger partial charge in [-0.2, -0.15) is 0 Å². The average molecular weight is 263 g/mol. The van der Waals surface area contributed by atoms with Gasteiger partial charge in [-0.05, 0) is 44.2 Å². The number of benzene rings is 1. The second-order valence-electron chi connectivity index (χ2n) is 6.05. The van der Waals surface area contributed by atoms with Gasteiger partial charge in [-0.25, -0.2) is 0 Å². The van der Waals surface area contributed by atoms with Gasteiger partial charge in [0.2, 0.25) is 0 Å². The molecule has 0 radical (unpaired) electrons. The maximum atomic E-state index is 10.7. The van der Waals surface area contributed by atoms with Gasteiger partial charge in [-0.15, -0.1) is 0 Å². The predicted molar refractivity (Wildman–Crippen MR) is 82.4 cm³/mol. The lowest BCUT2D eigenvalue weighted by molar-refractivity contribution is 0.0981. The molecule has 1 aromatic rings. The topological polar surface area (TPSA) is 32.3 Å². The van der Waals surface area contributed by atoms with Crippen molar-refractivity contribution in [3.05, 3.63) is 34.9 Å². The molecule has 2 nitrogen and oxygen atoms in total. The Labute approximate surface area is 118 Å². The van der Waals surface area contributed by atoms with Crippen molar-refractivity contribution in [3.63, 3.8) is 0 Å². The fourth-order valence-electron chi connectivity index (χ4n) is 2.45. The van der Waals surface area contributed by atoms with E-state index in [-0.39, 0.29) is 6.04 Å². The molecule has 1 rings (SSSR count). The highest BCUT2D eigenvalue weighted by atomic mass is 16.3. The van der Waals surface area contributed by atoms with Crippen molar-refractivity contribution < 1.29 is 5.11 Å². The zero-order valence-electron chi connectivity index (χ0n) is 13.2. The van der Waals surface area contributed by atoms with Crippen LogP contribution in [0, 0.1) is 19.8 Å². The van der Waals surface area contributed by atoms with Gasteiger partial charge in [0.15, 0.2) is 0 Å². The van der Waals surface area contributed by atoms with Crippen molar-refractivity contribution in [1.29, 1.82) is 0 Å². The molecule has 0 aliphatic heterocycles. The lowest BCUT2D eigenvalue weighted by Crippen LogP contribution is -2.44. The maximum absolute atomic E-state index is 10.7. The molecule has 2 N–H and O–H groups in total. The Morgan fingerprint density at radius 1 is 1.16 bits per heavy atom. The summed E-state index contributed by atoms with van der Waals surface area (Å²) in [4.78, 5) is 0. The van der Waals surface area contributed by atoms with Crippen molar-refractivity contribution in [2.24, 2.45) is 5.92 Å². The highest BCUT2D eigenvalue weighted by Gasteiger charge is 2.25. The Morgan fingerprint density at radius 2 is 1.79 bits per heavy atom. The van der Waals surface area contributed by atoms with Crippen LogP contribution in [0.4, 0.5) is 0 Å². The summed E-state index contributed by atoms with van der Waals surface area (Å²) in [5, 5.41) is 14.3. The fourth-order valence-corrected chi connectivity index (χ4v) is 2.45. The molecule has 0 aliphatic rings. The van der Waals surface area contributed by atoms with Crippen molar-refractivity contribution in [1.82, 2.24) is 5.32 Å². The smallest absolute Gasteiger partial charge is 0.0948 e. The van der Waals surface area contributed by atoms with Crippen LogP contribution >= 0.6 is 0 Å². The van der Waals surface area contributed by atoms with Gasteiger partial charge in [0.1, 0.15) is 0 Å². The Morgan fingerprint density at radius 3 is 2.26 bits per heavy atom. The Kier molecular flexibility index (Phi) is 6.02. The van der Waals surface area contributed by atoms with Crippen LogP contribution in [-0.4, -0.2) is 17.2 Å². The molecule has 0 amide bonds. The van der Waals surface area contributed by atoms with Crippen molar-refractivity contribution in [3.8, 4) is 0 Å². The van der Waals surface area contributed by atoms with Gasteiger partial charge in [0, 0.05) is 12.1 Å². The van der Waals surface area contributed by atoms with Crippen LogP contribution in [0.25, 0.3) is 0 Å². The molecule has 3 atom stereocenters. The number of aliphatic hydroxyl groups is 1.